The van der Waals surface area contributed by atoms with Crippen LogP contribution in [-0.4, -0.2) is 41.6 Å². The first-order valence-corrected chi connectivity index (χ1v) is 7.45. The first kappa shape index (κ1) is 11.7. The first-order valence-electron chi connectivity index (χ1n) is 6.29. The molecule has 1 saturated heterocycles. The molecule has 0 radical (unpaired) electrons. The average Bonchev–Trinajstić information content (AvgIpc) is 2.79. The standard InChI is InChI=1S/C12H24N2S/c1-14(11-5-3-2-4-6-11)12(9-13)7-8-15-10-12/h11H,2-10,13H2,1H3. The molecule has 2 fully saturated rings. The van der Waals surface area contributed by atoms with Crippen LogP contribution in [0, 0.1) is 0 Å². The van der Waals surface area contributed by atoms with Gasteiger partial charge in [0.05, 0.1) is 0 Å². The molecule has 0 aromatic carbocycles. The number of nitrogens with two attached hydrogens (primary N) is 1. The van der Waals surface area contributed by atoms with Gasteiger partial charge in [0.15, 0.2) is 0 Å². The van der Waals surface area contributed by atoms with Gasteiger partial charge < -0.3 is 5.73 Å². The van der Waals surface area contributed by atoms with Gasteiger partial charge in [-0.25, -0.2) is 0 Å². The number of likely N-dealkylation sites (N-methyl/N-ethyl adjacent to an activating group) is 1. The van der Waals surface area contributed by atoms with Gasteiger partial charge in [-0.15, -0.1) is 0 Å². The molecule has 2 rings (SSSR count). The van der Waals surface area contributed by atoms with E-state index in [1.807, 2.05) is 0 Å². The van der Waals surface area contributed by atoms with Crippen LogP contribution >= 0.6 is 11.8 Å². The summed E-state index contributed by atoms with van der Waals surface area (Å²) in [6, 6.07) is 0.806. The third kappa shape index (κ3) is 2.34. The molecule has 2 N–H and O–H groups in total. The van der Waals surface area contributed by atoms with Crippen molar-refractivity contribution in [3.05, 3.63) is 0 Å². The highest BCUT2D eigenvalue weighted by atomic mass is 32.2. The lowest BCUT2D eigenvalue weighted by Gasteiger charge is -2.44. The Morgan fingerprint density at radius 3 is 2.60 bits per heavy atom. The van der Waals surface area contributed by atoms with Crippen LogP contribution in [-0.2, 0) is 0 Å². The van der Waals surface area contributed by atoms with E-state index in [2.05, 4.69) is 23.7 Å². The van der Waals surface area contributed by atoms with Gasteiger partial charge in [0.25, 0.3) is 0 Å². The molecule has 0 amide bonds. The van der Waals surface area contributed by atoms with E-state index in [0.717, 1.165) is 12.6 Å². The highest BCUT2D eigenvalue weighted by molar-refractivity contribution is 7.99. The molecule has 3 heteroatoms. The largest absolute Gasteiger partial charge is 0.329 e. The Balaban J connectivity index is 2.00. The van der Waals surface area contributed by atoms with Gasteiger partial charge in [-0.05, 0) is 32.1 Å². The summed E-state index contributed by atoms with van der Waals surface area (Å²) in [6.07, 6.45) is 8.35. The van der Waals surface area contributed by atoms with Crippen LogP contribution in [0.4, 0.5) is 0 Å². The van der Waals surface area contributed by atoms with Crippen molar-refractivity contribution in [2.45, 2.75) is 50.1 Å². The molecule has 1 unspecified atom stereocenters. The molecule has 0 aromatic rings. The SMILES string of the molecule is CN(C1CCCCC1)C1(CN)CCSC1. The zero-order valence-corrected chi connectivity index (χ0v) is 10.7. The number of thioether (sulfide) groups is 1. The van der Waals surface area contributed by atoms with Crippen LogP contribution in [0.15, 0.2) is 0 Å². The van der Waals surface area contributed by atoms with Crippen molar-refractivity contribution < 1.29 is 0 Å². The highest BCUT2D eigenvalue weighted by Gasteiger charge is 2.40. The van der Waals surface area contributed by atoms with Crippen LogP contribution in [0.25, 0.3) is 0 Å². The van der Waals surface area contributed by atoms with Crippen LogP contribution < -0.4 is 5.73 Å². The van der Waals surface area contributed by atoms with Gasteiger partial charge in [0.1, 0.15) is 0 Å². The van der Waals surface area contributed by atoms with Gasteiger partial charge in [-0.3, -0.25) is 4.90 Å². The van der Waals surface area contributed by atoms with E-state index in [1.165, 1.54) is 50.0 Å². The Morgan fingerprint density at radius 1 is 1.33 bits per heavy atom. The van der Waals surface area contributed by atoms with Gasteiger partial charge in [-0.2, -0.15) is 11.8 Å². The van der Waals surface area contributed by atoms with Crippen molar-refractivity contribution in [1.82, 2.24) is 4.90 Å². The predicted molar refractivity (Wildman–Crippen MR) is 68.4 cm³/mol. The van der Waals surface area contributed by atoms with Gasteiger partial charge in [0.2, 0.25) is 0 Å². The van der Waals surface area contributed by atoms with Crippen molar-refractivity contribution in [2.24, 2.45) is 5.73 Å². The zero-order valence-electron chi connectivity index (χ0n) is 9.87. The van der Waals surface area contributed by atoms with Crippen molar-refractivity contribution in [3.63, 3.8) is 0 Å². The number of nitrogens with zero attached hydrogens (tertiary/aromatic N) is 1. The minimum atomic E-state index is 0.326. The molecule has 88 valence electrons. The first-order chi connectivity index (χ1) is 7.28. The maximum atomic E-state index is 6.02. The summed E-state index contributed by atoms with van der Waals surface area (Å²) in [4.78, 5) is 2.63. The van der Waals surface area contributed by atoms with Crippen molar-refractivity contribution >= 4 is 11.8 Å². The monoisotopic (exact) mass is 228 g/mol. The van der Waals surface area contributed by atoms with Crippen molar-refractivity contribution in [2.75, 3.05) is 25.1 Å². The third-order valence-corrected chi connectivity index (χ3v) is 5.57. The molecule has 1 aliphatic heterocycles. The van der Waals surface area contributed by atoms with Crippen LogP contribution in [0.2, 0.25) is 0 Å². The molecule has 0 bridgehead atoms. The van der Waals surface area contributed by atoms with E-state index in [-0.39, 0.29) is 0 Å². The van der Waals surface area contributed by atoms with Crippen molar-refractivity contribution in [1.29, 1.82) is 0 Å². The molecular formula is C12H24N2S. The van der Waals surface area contributed by atoms with E-state index in [1.54, 1.807) is 0 Å². The Labute approximate surface area is 98.0 Å². The maximum absolute atomic E-state index is 6.02. The van der Waals surface area contributed by atoms with E-state index in [0.29, 0.717) is 5.54 Å². The van der Waals surface area contributed by atoms with Crippen LogP contribution in [0.3, 0.4) is 0 Å². The minimum absolute atomic E-state index is 0.326. The number of hydrogen-bond donors (Lipinski definition) is 1. The van der Waals surface area contributed by atoms with E-state index >= 15 is 0 Å². The molecule has 1 saturated carbocycles. The number of hydrogen-bond acceptors (Lipinski definition) is 3. The van der Waals surface area contributed by atoms with Gasteiger partial charge >= 0.3 is 0 Å². The zero-order chi connectivity index (χ0) is 10.7. The topological polar surface area (TPSA) is 29.3 Å². The second-order valence-corrected chi connectivity index (χ2v) is 6.24. The summed E-state index contributed by atoms with van der Waals surface area (Å²) < 4.78 is 0. The van der Waals surface area contributed by atoms with Crippen molar-refractivity contribution in [3.8, 4) is 0 Å². The summed E-state index contributed by atoms with van der Waals surface area (Å²) in [5.74, 6) is 2.55. The Morgan fingerprint density at radius 2 is 2.07 bits per heavy atom. The average molecular weight is 228 g/mol. The fourth-order valence-corrected chi connectivity index (χ4v) is 4.55. The molecule has 0 spiro atoms. The van der Waals surface area contributed by atoms with Gasteiger partial charge in [-0.1, -0.05) is 19.3 Å². The summed E-state index contributed by atoms with van der Waals surface area (Å²) in [7, 11) is 2.31. The Kier molecular flexibility index (Phi) is 3.97. The molecule has 1 atom stereocenters. The Bertz CT molecular complexity index is 196. The summed E-state index contributed by atoms with van der Waals surface area (Å²) in [5, 5.41) is 0. The molecular weight excluding hydrogens is 204 g/mol. The summed E-state index contributed by atoms with van der Waals surface area (Å²) in [5.41, 5.74) is 6.35. The number of rotatable bonds is 3. The second-order valence-electron chi connectivity index (χ2n) is 5.13. The highest BCUT2D eigenvalue weighted by Crippen LogP contribution is 2.35. The van der Waals surface area contributed by atoms with E-state index < -0.39 is 0 Å². The van der Waals surface area contributed by atoms with Crippen LogP contribution in [0.1, 0.15) is 38.5 Å². The smallest absolute Gasteiger partial charge is 0.0429 e. The third-order valence-electron chi connectivity index (χ3n) is 4.33. The molecule has 0 aromatic heterocycles. The van der Waals surface area contributed by atoms with E-state index in [4.69, 9.17) is 5.73 Å². The normalized spacial score (nSPS) is 33.8. The molecule has 1 aliphatic carbocycles. The quantitative estimate of drug-likeness (QED) is 0.802. The molecule has 1 heterocycles. The summed E-state index contributed by atoms with van der Waals surface area (Å²) >= 11 is 2.08. The molecule has 2 nitrogen and oxygen atoms in total. The fourth-order valence-electron chi connectivity index (χ4n) is 3.04. The predicted octanol–water partition coefficient (Wildman–Crippen LogP) is 2.09. The minimum Gasteiger partial charge on any atom is -0.329 e. The maximum Gasteiger partial charge on any atom is 0.0429 e. The molecule has 15 heavy (non-hydrogen) atoms. The lowest BCUT2D eigenvalue weighted by atomic mass is 9.88. The van der Waals surface area contributed by atoms with Crippen LogP contribution in [0.5, 0.6) is 0 Å². The fraction of sp³-hybridized carbons (Fsp3) is 1.00. The van der Waals surface area contributed by atoms with E-state index in [9.17, 15) is 0 Å². The lowest BCUT2D eigenvalue weighted by Crippen LogP contribution is -2.56. The summed E-state index contributed by atoms with van der Waals surface area (Å²) in [6.45, 7) is 0.840. The Hall–Kier alpha value is 0.270. The molecule has 2 aliphatic rings. The lowest BCUT2D eigenvalue weighted by molar-refractivity contribution is 0.0757. The second kappa shape index (κ2) is 5.07. The van der Waals surface area contributed by atoms with Gasteiger partial charge in [0, 0.05) is 23.9 Å².